The lowest BCUT2D eigenvalue weighted by molar-refractivity contribution is -0.172. The van der Waals surface area contributed by atoms with Crippen LogP contribution in [0, 0.1) is 6.92 Å². The zero-order chi connectivity index (χ0) is 16.7. The average Bonchev–Trinajstić information content (AvgIpc) is 3.40. The molecule has 0 atom stereocenters. The molecular weight excluding hydrogens is 368 g/mol. The fourth-order valence-corrected chi connectivity index (χ4v) is 4.44. The summed E-state index contributed by atoms with van der Waals surface area (Å²) < 4.78 is 7.18. The molecule has 4 nitrogen and oxygen atoms in total. The third kappa shape index (κ3) is 3.39. The number of morpholine rings is 1. The minimum Gasteiger partial charge on any atom is -0.363 e. The number of aryl methyl sites for hydroxylation is 1. The van der Waals surface area contributed by atoms with Crippen LogP contribution in [-0.2, 0) is 16.1 Å². The number of nitrogens with zero attached hydrogens (tertiary/aromatic N) is 2. The third-order valence-electron chi connectivity index (χ3n) is 5.73. The van der Waals surface area contributed by atoms with Crippen molar-refractivity contribution < 1.29 is 9.53 Å². The zero-order valence-electron chi connectivity index (χ0n) is 14.3. The van der Waals surface area contributed by atoms with Crippen molar-refractivity contribution in [3.63, 3.8) is 0 Å². The summed E-state index contributed by atoms with van der Waals surface area (Å²) in [5.74, 6) is 0.191. The Morgan fingerprint density at radius 2 is 2.04 bits per heavy atom. The second-order valence-corrected chi connectivity index (χ2v) is 8.49. The molecule has 1 aromatic carbocycles. The Morgan fingerprint density at radius 1 is 1.29 bits per heavy atom. The first-order chi connectivity index (χ1) is 11.5. The van der Waals surface area contributed by atoms with Crippen LogP contribution in [0.5, 0.6) is 0 Å². The van der Waals surface area contributed by atoms with Crippen LogP contribution >= 0.6 is 15.9 Å². The van der Waals surface area contributed by atoms with Crippen LogP contribution in [0.2, 0.25) is 0 Å². The maximum atomic E-state index is 12.1. The molecule has 0 aromatic heterocycles. The molecule has 0 unspecified atom stereocenters. The maximum Gasteiger partial charge on any atom is 0.248 e. The molecule has 1 aromatic rings. The average molecular weight is 393 g/mol. The van der Waals surface area contributed by atoms with E-state index in [1.165, 1.54) is 24.0 Å². The van der Waals surface area contributed by atoms with Gasteiger partial charge in [0.15, 0.2) is 0 Å². The molecule has 1 amide bonds. The first kappa shape index (κ1) is 16.6. The second-order valence-electron chi connectivity index (χ2n) is 7.57. The van der Waals surface area contributed by atoms with E-state index >= 15 is 0 Å². The van der Waals surface area contributed by atoms with E-state index < -0.39 is 0 Å². The van der Waals surface area contributed by atoms with Crippen LogP contribution in [0.1, 0.15) is 36.8 Å². The number of piperidine rings is 1. The van der Waals surface area contributed by atoms with Crippen LogP contribution in [0.15, 0.2) is 22.7 Å². The zero-order valence-corrected chi connectivity index (χ0v) is 15.8. The van der Waals surface area contributed by atoms with Gasteiger partial charge in [0.05, 0.1) is 12.1 Å². The van der Waals surface area contributed by atoms with Gasteiger partial charge in [0, 0.05) is 30.1 Å². The Hall–Kier alpha value is -0.910. The van der Waals surface area contributed by atoms with Gasteiger partial charge in [-0.1, -0.05) is 22.0 Å². The standard InChI is InChI=1S/C19H25BrN2O2/c1-14-10-16(20)3-2-15(14)11-21-8-6-19(7-9-21)13-22(17-4-5-17)18(23)12-24-19/h2-3,10,17H,4-9,11-13H2,1H3. The summed E-state index contributed by atoms with van der Waals surface area (Å²) in [6, 6.07) is 7.03. The Kier molecular flexibility index (Phi) is 4.43. The lowest BCUT2D eigenvalue weighted by Gasteiger charge is -2.47. The molecule has 3 aliphatic rings. The maximum absolute atomic E-state index is 12.1. The van der Waals surface area contributed by atoms with Gasteiger partial charge >= 0.3 is 0 Å². The van der Waals surface area contributed by atoms with Crippen molar-refractivity contribution >= 4 is 21.8 Å². The monoisotopic (exact) mass is 392 g/mol. The topological polar surface area (TPSA) is 32.8 Å². The van der Waals surface area contributed by atoms with Gasteiger partial charge in [-0.2, -0.15) is 0 Å². The third-order valence-corrected chi connectivity index (χ3v) is 6.23. The summed E-state index contributed by atoms with van der Waals surface area (Å²) in [4.78, 5) is 16.7. The van der Waals surface area contributed by atoms with Crippen molar-refractivity contribution in [3.8, 4) is 0 Å². The number of halogens is 1. The van der Waals surface area contributed by atoms with Gasteiger partial charge in [0.25, 0.3) is 0 Å². The largest absolute Gasteiger partial charge is 0.363 e. The van der Waals surface area contributed by atoms with Crippen molar-refractivity contribution in [2.75, 3.05) is 26.2 Å². The van der Waals surface area contributed by atoms with Crippen LogP contribution in [0.3, 0.4) is 0 Å². The highest BCUT2D eigenvalue weighted by molar-refractivity contribution is 9.10. The first-order valence-electron chi connectivity index (χ1n) is 8.95. The molecule has 2 saturated heterocycles. The van der Waals surface area contributed by atoms with E-state index in [0.717, 1.165) is 43.5 Å². The Morgan fingerprint density at radius 3 is 2.71 bits per heavy atom. The van der Waals surface area contributed by atoms with Gasteiger partial charge in [0.1, 0.15) is 6.61 Å². The predicted molar refractivity (Wildman–Crippen MR) is 96.8 cm³/mol. The molecule has 5 heteroatoms. The first-order valence-corrected chi connectivity index (χ1v) is 9.75. The normalized spacial score (nSPS) is 24.6. The van der Waals surface area contributed by atoms with Crippen molar-refractivity contribution in [2.45, 2.75) is 50.8 Å². The number of ether oxygens (including phenoxy) is 1. The lowest BCUT2D eigenvalue weighted by Crippen LogP contribution is -2.59. The van der Waals surface area contributed by atoms with E-state index in [4.69, 9.17) is 4.74 Å². The second kappa shape index (κ2) is 6.43. The molecule has 2 aliphatic heterocycles. The van der Waals surface area contributed by atoms with Gasteiger partial charge in [-0.15, -0.1) is 0 Å². The minimum absolute atomic E-state index is 0.0955. The number of carbonyl (C=O) groups is 1. The number of amides is 1. The number of benzene rings is 1. The van der Waals surface area contributed by atoms with Crippen LogP contribution in [0.25, 0.3) is 0 Å². The van der Waals surface area contributed by atoms with E-state index in [1.807, 2.05) is 0 Å². The van der Waals surface area contributed by atoms with Gasteiger partial charge in [-0.25, -0.2) is 0 Å². The van der Waals surface area contributed by atoms with Gasteiger partial charge in [-0.3, -0.25) is 9.69 Å². The molecule has 1 saturated carbocycles. The fourth-order valence-electron chi connectivity index (χ4n) is 3.96. The predicted octanol–water partition coefficient (Wildman–Crippen LogP) is 3.11. The Bertz CT molecular complexity index is 636. The van der Waals surface area contributed by atoms with E-state index in [9.17, 15) is 4.79 Å². The molecule has 130 valence electrons. The molecule has 1 aliphatic carbocycles. The molecule has 2 heterocycles. The Balaban J connectivity index is 1.37. The highest BCUT2D eigenvalue weighted by atomic mass is 79.9. The molecule has 24 heavy (non-hydrogen) atoms. The van der Waals surface area contributed by atoms with Gasteiger partial charge in [-0.05, 0) is 55.9 Å². The van der Waals surface area contributed by atoms with Crippen LogP contribution < -0.4 is 0 Å². The van der Waals surface area contributed by atoms with Gasteiger partial charge < -0.3 is 9.64 Å². The minimum atomic E-state index is -0.0955. The summed E-state index contributed by atoms with van der Waals surface area (Å²) in [5.41, 5.74) is 2.64. The van der Waals surface area contributed by atoms with Crippen molar-refractivity contribution in [3.05, 3.63) is 33.8 Å². The molecule has 0 radical (unpaired) electrons. The van der Waals surface area contributed by atoms with E-state index in [2.05, 4.69) is 50.9 Å². The summed E-state index contributed by atoms with van der Waals surface area (Å²) in [7, 11) is 0. The van der Waals surface area contributed by atoms with Crippen molar-refractivity contribution in [1.82, 2.24) is 9.80 Å². The number of hydrogen-bond acceptors (Lipinski definition) is 3. The molecule has 4 rings (SSSR count). The molecule has 1 spiro atoms. The quantitative estimate of drug-likeness (QED) is 0.791. The summed E-state index contributed by atoms with van der Waals surface area (Å²) >= 11 is 3.53. The highest BCUT2D eigenvalue weighted by Gasteiger charge is 2.46. The van der Waals surface area contributed by atoms with E-state index in [0.29, 0.717) is 6.04 Å². The summed E-state index contributed by atoms with van der Waals surface area (Å²) in [5, 5.41) is 0. The molecule has 3 fully saturated rings. The molecular formula is C19H25BrN2O2. The van der Waals surface area contributed by atoms with Gasteiger partial charge in [0.2, 0.25) is 5.91 Å². The Labute approximate surface area is 152 Å². The van der Waals surface area contributed by atoms with Crippen LogP contribution in [0.4, 0.5) is 0 Å². The smallest absolute Gasteiger partial charge is 0.248 e. The van der Waals surface area contributed by atoms with E-state index in [-0.39, 0.29) is 18.1 Å². The van der Waals surface area contributed by atoms with Crippen molar-refractivity contribution in [1.29, 1.82) is 0 Å². The highest BCUT2D eigenvalue weighted by Crippen LogP contribution is 2.36. The summed E-state index contributed by atoms with van der Waals surface area (Å²) in [6.45, 7) is 6.35. The van der Waals surface area contributed by atoms with Crippen LogP contribution in [-0.4, -0.2) is 53.6 Å². The molecule has 0 N–H and O–H groups in total. The fraction of sp³-hybridized carbons (Fsp3) is 0.632. The van der Waals surface area contributed by atoms with E-state index in [1.54, 1.807) is 0 Å². The SMILES string of the molecule is Cc1cc(Br)ccc1CN1CCC2(CC1)CN(C1CC1)C(=O)CO2. The number of hydrogen-bond donors (Lipinski definition) is 0. The number of carbonyl (C=O) groups excluding carboxylic acids is 1. The van der Waals surface area contributed by atoms with Crippen molar-refractivity contribution in [2.24, 2.45) is 0 Å². The molecule has 0 bridgehead atoms. The number of likely N-dealkylation sites (tertiary alicyclic amines) is 1. The lowest BCUT2D eigenvalue weighted by atomic mass is 9.89. The summed E-state index contributed by atoms with van der Waals surface area (Å²) in [6.07, 6.45) is 4.41. The number of rotatable bonds is 3.